The molecule has 1 aromatic carbocycles. The summed E-state index contributed by atoms with van der Waals surface area (Å²) >= 11 is 0. The fourth-order valence-electron chi connectivity index (χ4n) is 2.81. The summed E-state index contributed by atoms with van der Waals surface area (Å²) in [4.78, 5) is 22.2. The van der Waals surface area contributed by atoms with E-state index in [1.807, 2.05) is 41.3 Å². The van der Waals surface area contributed by atoms with Gasteiger partial charge in [-0.2, -0.15) is 14.6 Å². The molecule has 2 N–H and O–H groups in total. The molecule has 122 valence electrons. The van der Waals surface area contributed by atoms with Crippen molar-refractivity contribution in [3.05, 3.63) is 42.7 Å². The number of benzene rings is 1. The van der Waals surface area contributed by atoms with Crippen LogP contribution in [0.2, 0.25) is 0 Å². The second kappa shape index (κ2) is 5.89. The first-order chi connectivity index (χ1) is 11.7. The van der Waals surface area contributed by atoms with Crippen molar-refractivity contribution in [1.82, 2.24) is 19.6 Å². The van der Waals surface area contributed by atoms with Gasteiger partial charge in [0.2, 0.25) is 5.91 Å². The summed E-state index contributed by atoms with van der Waals surface area (Å²) in [5.74, 6) is 0.853. The van der Waals surface area contributed by atoms with Crippen LogP contribution >= 0.6 is 0 Å². The Hall–Kier alpha value is -3.00. The average molecular weight is 324 g/mol. The van der Waals surface area contributed by atoms with Gasteiger partial charge in [0.15, 0.2) is 6.10 Å². The monoisotopic (exact) mass is 324 g/mol. The molecule has 8 nitrogen and oxygen atoms in total. The Morgan fingerprint density at radius 2 is 2.12 bits per heavy atom. The van der Waals surface area contributed by atoms with Gasteiger partial charge >= 0.3 is 0 Å². The summed E-state index contributed by atoms with van der Waals surface area (Å²) in [6, 6.07) is 11.8. The molecule has 1 unspecified atom stereocenters. The predicted molar refractivity (Wildman–Crippen MR) is 87.4 cm³/mol. The Kier molecular flexibility index (Phi) is 3.58. The van der Waals surface area contributed by atoms with Crippen LogP contribution in [0.1, 0.15) is 0 Å². The van der Waals surface area contributed by atoms with Crippen molar-refractivity contribution in [1.29, 1.82) is 0 Å². The molecule has 0 spiro atoms. The van der Waals surface area contributed by atoms with Crippen LogP contribution in [-0.4, -0.2) is 51.3 Å². The Morgan fingerprint density at radius 1 is 1.29 bits per heavy atom. The number of nitrogens with zero attached hydrogens (tertiary/aromatic N) is 5. The normalized spacial score (nSPS) is 18.0. The number of carbonyl (C=O) groups excluding carboxylic acids is 1. The third kappa shape index (κ3) is 2.56. The molecule has 3 heterocycles. The van der Waals surface area contributed by atoms with Gasteiger partial charge in [0, 0.05) is 18.2 Å². The highest BCUT2D eigenvalue weighted by Crippen LogP contribution is 2.24. The highest BCUT2D eigenvalue weighted by Gasteiger charge is 2.27. The van der Waals surface area contributed by atoms with Crippen molar-refractivity contribution < 1.29 is 9.53 Å². The van der Waals surface area contributed by atoms with E-state index in [-0.39, 0.29) is 0 Å². The largest absolute Gasteiger partial charge is 0.367 e. The summed E-state index contributed by atoms with van der Waals surface area (Å²) in [5.41, 5.74) is 7.17. The minimum absolute atomic E-state index is 0.378. The molecule has 0 radical (unpaired) electrons. The van der Waals surface area contributed by atoms with Gasteiger partial charge in [-0.15, -0.1) is 0 Å². The molecule has 24 heavy (non-hydrogen) atoms. The van der Waals surface area contributed by atoms with Gasteiger partial charge < -0.3 is 15.4 Å². The number of carbonyl (C=O) groups is 1. The average Bonchev–Trinajstić information content (AvgIpc) is 3.10. The zero-order valence-corrected chi connectivity index (χ0v) is 12.9. The van der Waals surface area contributed by atoms with Gasteiger partial charge in [0.1, 0.15) is 12.1 Å². The summed E-state index contributed by atoms with van der Waals surface area (Å²) in [5, 5.41) is 4.24. The summed E-state index contributed by atoms with van der Waals surface area (Å²) in [6.45, 7) is 1.44. The molecule has 1 atom stereocenters. The van der Waals surface area contributed by atoms with E-state index < -0.39 is 12.0 Å². The number of ether oxygens (including phenoxy) is 1. The minimum Gasteiger partial charge on any atom is -0.367 e. The zero-order valence-electron chi connectivity index (χ0n) is 12.9. The van der Waals surface area contributed by atoms with Crippen molar-refractivity contribution >= 4 is 17.5 Å². The number of rotatable bonds is 3. The predicted octanol–water partition coefficient (Wildman–Crippen LogP) is 0.482. The second-order valence-corrected chi connectivity index (χ2v) is 5.55. The number of hydrogen-bond donors (Lipinski definition) is 1. The minimum atomic E-state index is -0.634. The molecule has 0 aliphatic carbocycles. The fraction of sp³-hybridized carbons (Fsp3) is 0.250. The van der Waals surface area contributed by atoms with E-state index in [4.69, 9.17) is 10.5 Å². The number of nitrogens with two attached hydrogens (primary N) is 1. The standard InChI is InChI=1S/C16H16N6O2/c17-15(23)13-9-21(6-7-24-13)14-8-12(11-4-2-1-3-5-11)20-16-18-10-19-22(14)16/h1-5,8,10,13H,6-7,9H2,(H2,17,23). The number of hydrogen-bond acceptors (Lipinski definition) is 6. The maximum Gasteiger partial charge on any atom is 0.254 e. The molecular formula is C16H16N6O2. The summed E-state index contributed by atoms with van der Waals surface area (Å²) in [6.07, 6.45) is 0.831. The number of primary amides is 1. The lowest BCUT2D eigenvalue weighted by atomic mass is 10.1. The van der Waals surface area contributed by atoms with Crippen molar-refractivity contribution in [3.8, 4) is 11.3 Å². The van der Waals surface area contributed by atoms with Crippen LogP contribution in [0.5, 0.6) is 0 Å². The molecule has 0 bridgehead atoms. The molecule has 8 heteroatoms. The second-order valence-electron chi connectivity index (χ2n) is 5.55. The number of anilines is 1. The first-order valence-corrected chi connectivity index (χ1v) is 7.64. The van der Waals surface area contributed by atoms with Crippen molar-refractivity contribution in [3.63, 3.8) is 0 Å². The molecule has 1 amide bonds. The molecule has 4 rings (SSSR count). The van der Waals surface area contributed by atoms with Crippen molar-refractivity contribution in [2.75, 3.05) is 24.6 Å². The number of aromatic nitrogens is 4. The van der Waals surface area contributed by atoms with Crippen LogP contribution in [-0.2, 0) is 9.53 Å². The van der Waals surface area contributed by atoms with Crippen molar-refractivity contribution in [2.45, 2.75) is 6.10 Å². The number of amides is 1. The van der Waals surface area contributed by atoms with Crippen molar-refractivity contribution in [2.24, 2.45) is 5.73 Å². The Bertz CT molecular complexity index is 879. The van der Waals surface area contributed by atoms with Gasteiger partial charge in [-0.3, -0.25) is 4.79 Å². The smallest absolute Gasteiger partial charge is 0.254 e. The van der Waals surface area contributed by atoms with E-state index in [1.54, 1.807) is 4.52 Å². The first-order valence-electron chi connectivity index (χ1n) is 7.64. The molecule has 2 aromatic heterocycles. The van der Waals surface area contributed by atoms with Gasteiger partial charge in [-0.05, 0) is 0 Å². The Balaban J connectivity index is 1.79. The Labute approximate surface area is 137 Å². The van der Waals surface area contributed by atoms with E-state index in [0.717, 1.165) is 17.1 Å². The van der Waals surface area contributed by atoms with Crippen LogP contribution in [0.4, 0.5) is 5.82 Å². The van der Waals surface area contributed by atoms with E-state index in [2.05, 4.69) is 15.1 Å². The van der Waals surface area contributed by atoms with Gasteiger partial charge in [0.05, 0.1) is 18.8 Å². The molecule has 1 aliphatic heterocycles. The lowest BCUT2D eigenvalue weighted by Crippen LogP contribution is -2.49. The van der Waals surface area contributed by atoms with E-state index in [9.17, 15) is 4.79 Å². The number of fused-ring (bicyclic) bond motifs is 1. The molecule has 1 fully saturated rings. The first kappa shape index (κ1) is 14.6. The topological polar surface area (TPSA) is 98.6 Å². The zero-order chi connectivity index (χ0) is 16.5. The SMILES string of the molecule is NC(=O)C1CN(c2cc(-c3ccccc3)nc3ncnn23)CCO1. The van der Waals surface area contributed by atoms with Gasteiger partial charge in [-0.1, -0.05) is 30.3 Å². The third-order valence-corrected chi connectivity index (χ3v) is 4.01. The lowest BCUT2D eigenvalue weighted by Gasteiger charge is -2.32. The van der Waals surface area contributed by atoms with E-state index >= 15 is 0 Å². The Morgan fingerprint density at radius 3 is 2.92 bits per heavy atom. The maximum atomic E-state index is 11.5. The van der Waals surface area contributed by atoms with Crippen LogP contribution in [0.25, 0.3) is 17.0 Å². The quantitative estimate of drug-likeness (QED) is 0.752. The molecule has 3 aromatic rings. The van der Waals surface area contributed by atoms with Crippen LogP contribution in [0.15, 0.2) is 42.7 Å². The number of morpholine rings is 1. The summed E-state index contributed by atoms with van der Waals surface area (Å²) in [7, 11) is 0. The van der Waals surface area contributed by atoms with E-state index in [1.165, 1.54) is 6.33 Å². The van der Waals surface area contributed by atoms with E-state index in [0.29, 0.717) is 25.5 Å². The van der Waals surface area contributed by atoms with Crippen LogP contribution in [0, 0.1) is 0 Å². The third-order valence-electron chi connectivity index (χ3n) is 4.01. The van der Waals surface area contributed by atoms with Crippen LogP contribution < -0.4 is 10.6 Å². The highest BCUT2D eigenvalue weighted by atomic mass is 16.5. The summed E-state index contributed by atoms with van der Waals surface area (Å²) < 4.78 is 7.08. The van der Waals surface area contributed by atoms with Gasteiger partial charge in [0.25, 0.3) is 5.78 Å². The van der Waals surface area contributed by atoms with Gasteiger partial charge in [-0.25, -0.2) is 4.98 Å². The lowest BCUT2D eigenvalue weighted by molar-refractivity contribution is -0.130. The highest BCUT2D eigenvalue weighted by molar-refractivity contribution is 5.80. The molecule has 0 saturated carbocycles. The molecule has 1 saturated heterocycles. The fourth-order valence-corrected chi connectivity index (χ4v) is 2.81. The molecule has 1 aliphatic rings. The molecular weight excluding hydrogens is 308 g/mol. The maximum absolute atomic E-state index is 11.5. The van der Waals surface area contributed by atoms with Crippen LogP contribution in [0.3, 0.4) is 0 Å².